The standard InChI is InChI=1S/C22H31N3O7/c1-14(25-20(30)32-21(2,3)4)18(28)22(10-16(26)11-24-22)19(29)23-12-17(27)31-13-15-8-6-5-7-9-15/h5-9,14,16,24,26H,10-13H2,1-4H3,(H,23,29)(H,25,30)/t14-,16?,22+/m0/s1. The van der Waals surface area contributed by atoms with Crippen molar-refractivity contribution >= 4 is 23.8 Å². The van der Waals surface area contributed by atoms with Gasteiger partial charge in [-0.1, -0.05) is 30.3 Å². The number of benzene rings is 1. The number of nitrogens with one attached hydrogen (secondary N) is 3. The number of esters is 1. The van der Waals surface area contributed by atoms with E-state index in [-0.39, 0.29) is 19.6 Å². The van der Waals surface area contributed by atoms with Gasteiger partial charge in [-0.2, -0.15) is 0 Å². The van der Waals surface area contributed by atoms with Crippen LogP contribution in [0.5, 0.6) is 0 Å². The number of Topliss-reactive ketones (excluding diaryl/α,β-unsaturated/α-hetero) is 1. The summed E-state index contributed by atoms with van der Waals surface area (Å²) in [5.41, 5.74) is -1.77. The Labute approximate surface area is 187 Å². The summed E-state index contributed by atoms with van der Waals surface area (Å²) in [4.78, 5) is 50.0. The Kier molecular flexibility index (Phi) is 8.34. The fraction of sp³-hybridized carbons (Fsp3) is 0.545. The SMILES string of the molecule is C[C@H](NC(=O)OC(C)(C)C)C(=O)[C@@]1(C(=O)NCC(=O)OCc2ccccc2)CC(O)CN1. The molecule has 0 radical (unpaired) electrons. The van der Waals surface area contributed by atoms with Crippen molar-refractivity contribution in [2.24, 2.45) is 0 Å². The second kappa shape index (κ2) is 10.6. The predicted molar refractivity (Wildman–Crippen MR) is 114 cm³/mol. The molecule has 1 aliphatic heterocycles. The second-order valence-electron chi connectivity index (χ2n) is 8.71. The summed E-state index contributed by atoms with van der Waals surface area (Å²) in [7, 11) is 0. The quantitative estimate of drug-likeness (QED) is 0.330. The number of aliphatic hydroxyl groups excluding tert-OH is 1. The van der Waals surface area contributed by atoms with E-state index in [0.29, 0.717) is 0 Å². The minimum Gasteiger partial charge on any atom is -0.460 e. The molecule has 0 bridgehead atoms. The van der Waals surface area contributed by atoms with E-state index in [1.165, 1.54) is 6.92 Å². The number of ketones is 1. The fourth-order valence-electron chi connectivity index (χ4n) is 3.27. The highest BCUT2D eigenvalue weighted by molar-refractivity contribution is 6.14. The number of hydrogen-bond acceptors (Lipinski definition) is 8. The van der Waals surface area contributed by atoms with Crippen LogP contribution in [0.25, 0.3) is 0 Å². The van der Waals surface area contributed by atoms with E-state index in [9.17, 15) is 24.3 Å². The zero-order valence-electron chi connectivity index (χ0n) is 18.8. The molecule has 4 N–H and O–H groups in total. The normalized spacial score (nSPS) is 21.3. The maximum atomic E-state index is 13.1. The van der Waals surface area contributed by atoms with Crippen LogP contribution < -0.4 is 16.0 Å². The Morgan fingerprint density at radius 1 is 1.22 bits per heavy atom. The molecule has 2 rings (SSSR count). The Balaban J connectivity index is 1.98. The van der Waals surface area contributed by atoms with E-state index < -0.39 is 53.6 Å². The van der Waals surface area contributed by atoms with Crippen molar-refractivity contribution in [3.8, 4) is 0 Å². The van der Waals surface area contributed by atoms with Gasteiger partial charge in [-0.3, -0.25) is 19.7 Å². The van der Waals surface area contributed by atoms with Gasteiger partial charge in [-0.25, -0.2) is 4.79 Å². The third-order valence-electron chi connectivity index (χ3n) is 4.75. The van der Waals surface area contributed by atoms with Crippen molar-refractivity contribution in [3.05, 3.63) is 35.9 Å². The molecule has 1 saturated heterocycles. The number of carbonyl (C=O) groups excluding carboxylic acids is 4. The summed E-state index contributed by atoms with van der Waals surface area (Å²) in [5.74, 6) is -2.12. The van der Waals surface area contributed by atoms with Gasteiger partial charge in [-0.15, -0.1) is 0 Å². The Hall–Kier alpha value is -2.98. The van der Waals surface area contributed by atoms with E-state index >= 15 is 0 Å². The third kappa shape index (κ3) is 7.03. The molecular weight excluding hydrogens is 418 g/mol. The molecule has 0 aliphatic carbocycles. The maximum Gasteiger partial charge on any atom is 0.408 e. The molecule has 3 atom stereocenters. The minimum atomic E-state index is -1.80. The highest BCUT2D eigenvalue weighted by atomic mass is 16.6. The second-order valence-corrected chi connectivity index (χ2v) is 8.71. The largest absolute Gasteiger partial charge is 0.460 e. The minimum absolute atomic E-state index is 0.0107. The molecule has 1 aliphatic rings. The highest BCUT2D eigenvalue weighted by Crippen LogP contribution is 2.23. The first-order valence-corrected chi connectivity index (χ1v) is 10.4. The van der Waals surface area contributed by atoms with Gasteiger partial charge >= 0.3 is 12.1 Å². The van der Waals surface area contributed by atoms with Crippen LogP contribution in [0, 0.1) is 0 Å². The number of ether oxygens (including phenoxy) is 2. The summed E-state index contributed by atoms with van der Waals surface area (Å²) in [6, 6.07) is 7.96. The van der Waals surface area contributed by atoms with Crippen LogP contribution in [0.4, 0.5) is 4.79 Å². The van der Waals surface area contributed by atoms with Crippen LogP contribution in [0.2, 0.25) is 0 Å². The average molecular weight is 450 g/mol. The van der Waals surface area contributed by atoms with Crippen LogP contribution in [0.3, 0.4) is 0 Å². The van der Waals surface area contributed by atoms with Crippen LogP contribution in [0.15, 0.2) is 30.3 Å². The van der Waals surface area contributed by atoms with Crippen molar-refractivity contribution in [2.75, 3.05) is 13.1 Å². The van der Waals surface area contributed by atoms with Gasteiger partial charge in [0.25, 0.3) is 0 Å². The Morgan fingerprint density at radius 2 is 1.88 bits per heavy atom. The molecule has 1 aromatic rings. The van der Waals surface area contributed by atoms with Crippen LogP contribution in [0.1, 0.15) is 39.7 Å². The van der Waals surface area contributed by atoms with Gasteiger partial charge < -0.3 is 25.2 Å². The summed E-state index contributed by atoms with van der Waals surface area (Å²) >= 11 is 0. The van der Waals surface area contributed by atoms with Gasteiger partial charge in [0, 0.05) is 13.0 Å². The number of alkyl carbamates (subject to hydrolysis) is 1. The molecule has 1 fully saturated rings. The zero-order valence-corrected chi connectivity index (χ0v) is 18.8. The first-order chi connectivity index (χ1) is 14.9. The molecule has 176 valence electrons. The van der Waals surface area contributed by atoms with Gasteiger partial charge in [0.2, 0.25) is 5.91 Å². The van der Waals surface area contributed by atoms with Gasteiger partial charge in [0.05, 0.1) is 12.1 Å². The molecule has 0 spiro atoms. The number of β-amino-alcohol motifs (C(OH)–C–C–N with tert-alkyl or cyclic N) is 1. The average Bonchev–Trinajstić information content (AvgIpc) is 3.12. The number of amides is 2. The molecule has 10 nitrogen and oxygen atoms in total. The zero-order chi connectivity index (χ0) is 23.9. The monoisotopic (exact) mass is 449 g/mol. The maximum absolute atomic E-state index is 13.1. The topological polar surface area (TPSA) is 143 Å². The fourth-order valence-corrected chi connectivity index (χ4v) is 3.27. The Bertz CT molecular complexity index is 838. The summed E-state index contributed by atoms with van der Waals surface area (Å²) < 4.78 is 10.3. The number of hydrogen-bond donors (Lipinski definition) is 4. The summed E-state index contributed by atoms with van der Waals surface area (Å²) in [5, 5.41) is 17.5. The molecule has 0 saturated carbocycles. The van der Waals surface area contributed by atoms with Gasteiger partial charge in [0.15, 0.2) is 11.3 Å². The van der Waals surface area contributed by atoms with E-state index in [1.54, 1.807) is 32.9 Å². The van der Waals surface area contributed by atoms with Crippen molar-refractivity contribution in [3.63, 3.8) is 0 Å². The van der Waals surface area contributed by atoms with Crippen LogP contribution in [-0.4, -0.2) is 65.2 Å². The van der Waals surface area contributed by atoms with E-state index in [1.807, 2.05) is 18.2 Å². The predicted octanol–water partition coefficient (Wildman–Crippen LogP) is 0.421. The van der Waals surface area contributed by atoms with Crippen molar-refractivity contribution < 1.29 is 33.8 Å². The lowest BCUT2D eigenvalue weighted by atomic mass is 9.86. The van der Waals surface area contributed by atoms with Gasteiger partial charge in [-0.05, 0) is 33.3 Å². The molecule has 10 heteroatoms. The lowest BCUT2D eigenvalue weighted by Gasteiger charge is -2.30. The van der Waals surface area contributed by atoms with Crippen molar-refractivity contribution in [1.82, 2.24) is 16.0 Å². The van der Waals surface area contributed by atoms with Crippen molar-refractivity contribution in [2.45, 2.75) is 64.0 Å². The molecule has 1 heterocycles. The Morgan fingerprint density at radius 3 is 2.44 bits per heavy atom. The van der Waals surface area contributed by atoms with Crippen LogP contribution >= 0.6 is 0 Å². The third-order valence-corrected chi connectivity index (χ3v) is 4.75. The lowest BCUT2D eigenvalue weighted by molar-refractivity contribution is -0.147. The van der Waals surface area contributed by atoms with Gasteiger partial charge in [0.1, 0.15) is 18.8 Å². The smallest absolute Gasteiger partial charge is 0.408 e. The first kappa shape index (κ1) is 25.3. The first-order valence-electron chi connectivity index (χ1n) is 10.4. The number of aliphatic hydroxyl groups is 1. The number of rotatable bonds is 8. The molecule has 0 aromatic heterocycles. The molecule has 1 unspecified atom stereocenters. The molecular formula is C22H31N3O7. The van der Waals surface area contributed by atoms with E-state index in [2.05, 4.69) is 16.0 Å². The number of carbonyl (C=O) groups is 4. The molecule has 32 heavy (non-hydrogen) atoms. The van der Waals surface area contributed by atoms with Crippen molar-refractivity contribution in [1.29, 1.82) is 0 Å². The molecule has 2 amide bonds. The van der Waals surface area contributed by atoms with Crippen LogP contribution in [-0.2, 0) is 30.5 Å². The highest BCUT2D eigenvalue weighted by Gasteiger charge is 2.52. The summed E-state index contributed by atoms with van der Waals surface area (Å²) in [6.45, 7) is 6.07. The van der Waals surface area contributed by atoms with E-state index in [4.69, 9.17) is 9.47 Å². The lowest BCUT2D eigenvalue weighted by Crippen LogP contribution is -2.64. The van der Waals surface area contributed by atoms with E-state index in [0.717, 1.165) is 5.56 Å². The molecule has 1 aromatic carbocycles. The summed E-state index contributed by atoms with van der Waals surface area (Å²) in [6.07, 6.45) is -1.95.